The molecule has 0 saturated carbocycles. The second kappa shape index (κ2) is 10.1. The molecule has 0 unspecified atom stereocenters. The zero-order valence-electron chi connectivity index (χ0n) is 20.5. The van der Waals surface area contributed by atoms with Crippen molar-refractivity contribution in [1.82, 2.24) is 14.3 Å². The van der Waals surface area contributed by atoms with Crippen LogP contribution in [0.5, 0.6) is 5.75 Å². The Hall–Kier alpha value is -3.62. The molecular weight excluding hydrogens is 437 g/mol. The van der Waals surface area contributed by atoms with Crippen LogP contribution in [0.4, 0.5) is 15.8 Å². The number of carbonyl (C=O) groups is 1. The number of hydrogen-bond donors (Lipinski definition) is 2. The monoisotopic (exact) mass is 469 g/mol. The van der Waals surface area contributed by atoms with Crippen molar-refractivity contribution >= 4 is 17.3 Å². The molecule has 34 heavy (non-hydrogen) atoms. The maximum Gasteiger partial charge on any atom is 0.350 e. The lowest BCUT2D eigenvalue weighted by Gasteiger charge is -2.19. The van der Waals surface area contributed by atoms with Crippen molar-refractivity contribution in [3.05, 3.63) is 63.1 Å². The summed E-state index contributed by atoms with van der Waals surface area (Å²) in [6, 6.07) is 5.97. The van der Waals surface area contributed by atoms with E-state index >= 15 is 4.39 Å². The molecule has 0 aliphatic heterocycles. The van der Waals surface area contributed by atoms with Gasteiger partial charge in [0, 0.05) is 30.9 Å². The molecule has 3 N–H and O–H groups in total. The van der Waals surface area contributed by atoms with E-state index in [1.165, 1.54) is 10.6 Å². The van der Waals surface area contributed by atoms with Gasteiger partial charge in [-0.3, -0.25) is 9.36 Å². The number of halogens is 1. The summed E-state index contributed by atoms with van der Waals surface area (Å²) in [6.45, 7) is 9.43. The number of nitrogens with zero attached hydrogens (tertiary/aromatic N) is 3. The molecular formula is C25H32FN5O3. The summed E-state index contributed by atoms with van der Waals surface area (Å²) in [6.07, 6.45) is 1.91. The highest BCUT2D eigenvalue weighted by atomic mass is 19.1. The van der Waals surface area contributed by atoms with Crippen molar-refractivity contribution in [2.24, 2.45) is 7.05 Å². The Labute approximate surface area is 198 Å². The van der Waals surface area contributed by atoms with E-state index in [2.05, 4.69) is 10.4 Å². The van der Waals surface area contributed by atoms with Gasteiger partial charge in [-0.1, -0.05) is 20.3 Å². The molecule has 182 valence electrons. The molecule has 2 aromatic carbocycles. The van der Waals surface area contributed by atoms with E-state index in [0.717, 1.165) is 34.7 Å². The number of hydrogen-bond acceptors (Lipinski definition) is 5. The molecule has 1 amide bonds. The van der Waals surface area contributed by atoms with Crippen molar-refractivity contribution < 1.29 is 13.9 Å². The van der Waals surface area contributed by atoms with Gasteiger partial charge >= 0.3 is 5.69 Å². The Morgan fingerprint density at radius 1 is 1.21 bits per heavy atom. The maximum atomic E-state index is 15.3. The zero-order chi connectivity index (χ0) is 25.2. The van der Waals surface area contributed by atoms with Crippen molar-refractivity contribution in [2.45, 2.75) is 60.0 Å². The van der Waals surface area contributed by atoms with Crippen LogP contribution in [-0.2, 0) is 13.5 Å². The molecule has 3 rings (SSSR count). The highest BCUT2D eigenvalue weighted by Crippen LogP contribution is 2.29. The molecule has 1 heterocycles. The number of anilines is 2. The third-order valence-electron chi connectivity index (χ3n) is 5.73. The van der Waals surface area contributed by atoms with Crippen LogP contribution in [0, 0.1) is 19.7 Å². The molecule has 0 saturated heterocycles. The Balaban J connectivity index is 2.10. The minimum Gasteiger partial charge on any atom is -0.490 e. The molecule has 0 spiro atoms. The summed E-state index contributed by atoms with van der Waals surface area (Å²) in [5.41, 5.74) is 8.13. The third-order valence-corrected chi connectivity index (χ3v) is 5.73. The van der Waals surface area contributed by atoms with Crippen LogP contribution in [-0.4, -0.2) is 26.4 Å². The number of carbonyl (C=O) groups excluding carboxylic acids is 1. The summed E-state index contributed by atoms with van der Waals surface area (Å²) in [4.78, 5) is 25.9. The minimum absolute atomic E-state index is 0.0273. The maximum absolute atomic E-state index is 15.3. The number of aryl methyl sites for hydroxylation is 3. The van der Waals surface area contributed by atoms with Crippen LogP contribution in [0.15, 0.2) is 29.1 Å². The number of aromatic nitrogens is 3. The highest BCUT2D eigenvalue weighted by molar-refractivity contribution is 6.07. The van der Waals surface area contributed by atoms with Gasteiger partial charge < -0.3 is 15.8 Å². The van der Waals surface area contributed by atoms with E-state index < -0.39 is 17.4 Å². The highest BCUT2D eigenvalue weighted by Gasteiger charge is 2.23. The lowest BCUT2D eigenvalue weighted by Crippen LogP contribution is -2.24. The topological polar surface area (TPSA) is 104 Å². The predicted molar refractivity (Wildman–Crippen MR) is 131 cm³/mol. The largest absolute Gasteiger partial charge is 0.490 e. The summed E-state index contributed by atoms with van der Waals surface area (Å²) in [5, 5.41) is 7.11. The first kappa shape index (κ1) is 25.0. The molecule has 0 radical (unpaired) electrons. The van der Waals surface area contributed by atoms with Gasteiger partial charge in [0.05, 0.1) is 11.7 Å². The number of nitrogen functional groups attached to an aromatic ring is 1. The van der Waals surface area contributed by atoms with Gasteiger partial charge in [-0.15, -0.1) is 5.10 Å². The molecule has 1 aromatic heterocycles. The van der Waals surface area contributed by atoms with E-state index in [9.17, 15) is 9.59 Å². The molecule has 0 aliphatic rings. The quantitative estimate of drug-likeness (QED) is 0.479. The lowest BCUT2D eigenvalue weighted by atomic mass is 10.1. The fourth-order valence-corrected chi connectivity index (χ4v) is 3.98. The van der Waals surface area contributed by atoms with Crippen molar-refractivity contribution in [3.63, 3.8) is 0 Å². The number of ether oxygens (including phenoxy) is 1. The first-order chi connectivity index (χ1) is 16.1. The second-order valence-corrected chi connectivity index (χ2v) is 8.52. The van der Waals surface area contributed by atoms with Gasteiger partial charge in [0.2, 0.25) is 0 Å². The Bertz CT molecular complexity index is 1260. The van der Waals surface area contributed by atoms with Crippen molar-refractivity contribution in [2.75, 3.05) is 11.1 Å². The summed E-state index contributed by atoms with van der Waals surface area (Å²) in [7, 11) is 1.59. The standard InChI is InChI=1S/C25H32FN5O3/c1-7-9-16(5)34-21-13-20(31-25(33)30(6)22(8-2)29-31)19(26)12-18(21)24(32)28-23-14(3)10-17(27)11-15(23)4/h10-13,16H,7-9,27H2,1-6H3,(H,28,32)/t16-/m0/s1. The molecule has 9 heteroatoms. The van der Waals surface area contributed by atoms with E-state index in [4.69, 9.17) is 10.5 Å². The number of nitrogens with two attached hydrogens (primary N) is 1. The van der Waals surface area contributed by atoms with Crippen LogP contribution in [0.2, 0.25) is 0 Å². The van der Waals surface area contributed by atoms with Gasteiger partial charge in [-0.25, -0.2) is 9.18 Å². The molecule has 0 bridgehead atoms. The summed E-state index contributed by atoms with van der Waals surface area (Å²) < 4.78 is 23.7. The average Bonchev–Trinajstić information content (AvgIpc) is 3.05. The van der Waals surface area contributed by atoms with Crippen LogP contribution >= 0.6 is 0 Å². The lowest BCUT2D eigenvalue weighted by molar-refractivity contribution is 0.101. The van der Waals surface area contributed by atoms with Gasteiger partial charge in [-0.05, 0) is 56.5 Å². The fraction of sp³-hybridized carbons (Fsp3) is 0.400. The van der Waals surface area contributed by atoms with E-state index in [0.29, 0.717) is 23.6 Å². The summed E-state index contributed by atoms with van der Waals surface area (Å²) >= 11 is 0. The predicted octanol–water partition coefficient (Wildman–Crippen LogP) is 4.29. The number of benzene rings is 2. The fourth-order valence-electron chi connectivity index (χ4n) is 3.98. The second-order valence-electron chi connectivity index (χ2n) is 8.52. The molecule has 1 atom stereocenters. The van der Waals surface area contributed by atoms with Gasteiger partial charge in [0.15, 0.2) is 0 Å². The first-order valence-corrected chi connectivity index (χ1v) is 11.4. The average molecular weight is 470 g/mol. The van der Waals surface area contributed by atoms with Crippen molar-refractivity contribution in [3.8, 4) is 11.4 Å². The van der Waals surface area contributed by atoms with Crippen LogP contribution in [0.1, 0.15) is 60.9 Å². The van der Waals surface area contributed by atoms with E-state index in [1.54, 1.807) is 19.2 Å². The van der Waals surface area contributed by atoms with Gasteiger partial charge in [0.1, 0.15) is 23.1 Å². The van der Waals surface area contributed by atoms with Gasteiger partial charge in [0.25, 0.3) is 5.91 Å². The van der Waals surface area contributed by atoms with Crippen LogP contribution in [0.3, 0.4) is 0 Å². The van der Waals surface area contributed by atoms with E-state index in [-0.39, 0.29) is 23.1 Å². The Morgan fingerprint density at radius 3 is 2.41 bits per heavy atom. The zero-order valence-corrected chi connectivity index (χ0v) is 20.5. The van der Waals surface area contributed by atoms with Gasteiger partial charge in [-0.2, -0.15) is 4.68 Å². The summed E-state index contributed by atoms with van der Waals surface area (Å²) in [5.74, 6) is -0.587. The number of nitrogens with one attached hydrogen (secondary N) is 1. The smallest absolute Gasteiger partial charge is 0.350 e. The molecule has 0 aliphatic carbocycles. The number of amides is 1. The van der Waals surface area contributed by atoms with Crippen LogP contribution in [0.25, 0.3) is 5.69 Å². The number of rotatable bonds is 8. The first-order valence-electron chi connectivity index (χ1n) is 11.4. The minimum atomic E-state index is -0.755. The molecule has 8 nitrogen and oxygen atoms in total. The Morgan fingerprint density at radius 2 is 1.85 bits per heavy atom. The normalized spacial score (nSPS) is 12.0. The third kappa shape index (κ3) is 4.98. The molecule has 0 fully saturated rings. The Kier molecular flexibility index (Phi) is 7.44. The SMILES string of the molecule is CCC[C@H](C)Oc1cc(-n2nc(CC)n(C)c2=O)c(F)cc1C(=O)Nc1c(C)cc(N)cc1C. The van der Waals surface area contributed by atoms with E-state index in [1.807, 2.05) is 34.6 Å². The van der Waals surface area contributed by atoms with Crippen molar-refractivity contribution in [1.29, 1.82) is 0 Å². The van der Waals surface area contributed by atoms with Crippen LogP contribution < -0.4 is 21.5 Å². The molecule has 3 aromatic rings.